The van der Waals surface area contributed by atoms with Crippen molar-refractivity contribution < 1.29 is 17.7 Å². The predicted molar refractivity (Wildman–Crippen MR) is 108 cm³/mol. The Morgan fingerprint density at radius 3 is 2.34 bits per heavy atom. The Morgan fingerprint density at radius 1 is 1.07 bits per heavy atom. The van der Waals surface area contributed by atoms with Crippen LogP contribution in [0.15, 0.2) is 57.9 Å². The molecule has 1 aliphatic heterocycles. The minimum atomic E-state index is -3.53. The van der Waals surface area contributed by atoms with Crippen LogP contribution in [0.2, 0.25) is 5.02 Å². The highest BCUT2D eigenvalue weighted by Crippen LogP contribution is 2.31. The topological polar surface area (TPSA) is 85.5 Å². The Hall–Kier alpha value is -2.42. The third-order valence-corrected chi connectivity index (χ3v) is 7.21. The summed E-state index contributed by atoms with van der Waals surface area (Å²) in [5.41, 5.74) is 0.837. The molecule has 0 radical (unpaired) electrons. The van der Waals surface area contributed by atoms with Crippen LogP contribution >= 0.6 is 11.6 Å². The van der Waals surface area contributed by atoms with Crippen LogP contribution in [0.5, 0.6) is 5.75 Å². The highest BCUT2D eigenvalue weighted by atomic mass is 35.5. The molecule has 0 unspecified atom stereocenters. The number of rotatable bonds is 5. The molecule has 1 aliphatic rings. The van der Waals surface area contributed by atoms with Crippen molar-refractivity contribution in [1.29, 1.82) is 0 Å². The maximum absolute atomic E-state index is 12.8. The standard InChI is InChI=1S/C20H20ClN3O4S/c1-27-17-6-2-14(3-7-17)19-22-20(28-23-19)15-10-12-24(13-11-15)29(25,26)18-8-4-16(21)5-9-18/h2-9,15H,10-13H2,1H3. The van der Waals surface area contributed by atoms with E-state index in [2.05, 4.69) is 10.1 Å². The number of halogens is 1. The van der Waals surface area contributed by atoms with Crippen LogP contribution in [0.3, 0.4) is 0 Å². The van der Waals surface area contributed by atoms with Crippen molar-refractivity contribution in [2.45, 2.75) is 23.7 Å². The van der Waals surface area contributed by atoms with Crippen molar-refractivity contribution in [1.82, 2.24) is 14.4 Å². The second-order valence-electron chi connectivity index (χ2n) is 6.82. The van der Waals surface area contributed by atoms with Gasteiger partial charge in [0.25, 0.3) is 0 Å². The molecule has 1 fully saturated rings. The summed E-state index contributed by atoms with van der Waals surface area (Å²) in [6, 6.07) is 13.6. The van der Waals surface area contributed by atoms with Gasteiger partial charge in [-0.2, -0.15) is 9.29 Å². The number of aromatic nitrogens is 2. The zero-order valence-corrected chi connectivity index (χ0v) is 17.4. The van der Waals surface area contributed by atoms with Crippen LogP contribution in [0.25, 0.3) is 11.4 Å². The minimum absolute atomic E-state index is 0.0335. The van der Waals surface area contributed by atoms with E-state index in [1.807, 2.05) is 24.3 Å². The lowest BCUT2D eigenvalue weighted by molar-refractivity contribution is 0.271. The zero-order chi connectivity index (χ0) is 20.4. The first-order valence-corrected chi connectivity index (χ1v) is 11.0. The van der Waals surface area contributed by atoms with Crippen molar-refractivity contribution in [3.63, 3.8) is 0 Å². The third-order valence-electron chi connectivity index (χ3n) is 5.04. The fourth-order valence-electron chi connectivity index (χ4n) is 3.36. The predicted octanol–water partition coefficient (Wildman–Crippen LogP) is 3.97. The molecule has 2 heterocycles. The molecule has 1 saturated heterocycles. The summed E-state index contributed by atoms with van der Waals surface area (Å²) in [6.45, 7) is 0.797. The summed E-state index contributed by atoms with van der Waals surface area (Å²) in [5.74, 6) is 1.84. The second kappa shape index (κ2) is 8.14. The van der Waals surface area contributed by atoms with Crippen molar-refractivity contribution in [3.8, 4) is 17.1 Å². The van der Waals surface area contributed by atoms with Crippen LogP contribution < -0.4 is 4.74 Å². The van der Waals surface area contributed by atoms with Gasteiger partial charge >= 0.3 is 0 Å². The Balaban J connectivity index is 1.43. The monoisotopic (exact) mass is 433 g/mol. The lowest BCUT2D eigenvalue weighted by Crippen LogP contribution is -2.37. The molecule has 7 nitrogen and oxygen atoms in total. The van der Waals surface area contributed by atoms with E-state index in [1.54, 1.807) is 19.2 Å². The minimum Gasteiger partial charge on any atom is -0.497 e. The zero-order valence-electron chi connectivity index (χ0n) is 15.8. The van der Waals surface area contributed by atoms with E-state index >= 15 is 0 Å². The Morgan fingerprint density at radius 2 is 1.72 bits per heavy atom. The molecule has 0 saturated carbocycles. The van der Waals surface area contributed by atoms with Gasteiger partial charge in [-0.05, 0) is 61.4 Å². The molecule has 4 rings (SSSR count). The molecule has 3 aromatic rings. The number of piperidine rings is 1. The van der Waals surface area contributed by atoms with Crippen molar-refractivity contribution in [2.75, 3.05) is 20.2 Å². The fraction of sp³-hybridized carbons (Fsp3) is 0.300. The SMILES string of the molecule is COc1ccc(-c2noc(C3CCN(S(=O)(=O)c4ccc(Cl)cc4)CC3)n2)cc1. The maximum Gasteiger partial charge on any atom is 0.243 e. The van der Waals surface area contributed by atoms with Crippen molar-refractivity contribution >= 4 is 21.6 Å². The van der Waals surface area contributed by atoms with Gasteiger partial charge in [-0.15, -0.1) is 0 Å². The Bertz CT molecular complexity index is 1070. The number of hydrogen-bond acceptors (Lipinski definition) is 6. The number of ether oxygens (including phenoxy) is 1. The molecular weight excluding hydrogens is 414 g/mol. The Kier molecular flexibility index (Phi) is 5.58. The number of hydrogen-bond donors (Lipinski definition) is 0. The van der Waals surface area contributed by atoms with E-state index in [0.717, 1.165) is 11.3 Å². The van der Waals surface area contributed by atoms with E-state index in [1.165, 1.54) is 16.4 Å². The summed E-state index contributed by atoms with van der Waals surface area (Å²) in [7, 11) is -1.92. The van der Waals surface area contributed by atoms with Gasteiger partial charge in [0.2, 0.25) is 21.7 Å². The molecule has 0 atom stereocenters. The average molecular weight is 434 g/mol. The molecule has 2 aromatic carbocycles. The molecule has 0 spiro atoms. The maximum atomic E-state index is 12.8. The molecule has 9 heteroatoms. The van der Waals surface area contributed by atoms with Gasteiger partial charge in [-0.25, -0.2) is 8.42 Å². The van der Waals surface area contributed by atoms with Gasteiger partial charge in [0.15, 0.2) is 0 Å². The van der Waals surface area contributed by atoms with E-state index in [4.69, 9.17) is 20.9 Å². The molecule has 0 amide bonds. The average Bonchev–Trinajstić information content (AvgIpc) is 3.24. The van der Waals surface area contributed by atoms with Gasteiger partial charge in [-0.1, -0.05) is 16.8 Å². The van der Waals surface area contributed by atoms with Crippen molar-refractivity contribution in [3.05, 3.63) is 59.4 Å². The molecule has 0 aliphatic carbocycles. The summed E-state index contributed by atoms with van der Waals surface area (Å²) in [5, 5.41) is 4.58. The van der Waals surface area contributed by atoms with Crippen LogP contribution in [0, 0.1) is 0 Å². The molecule has 152 valence electrons. The normalized spacial score (nSPS) is 16.1. The van der Waals surface area contributed by atoms with E-state index in [-0.39, 0.29) is 10.8 Å². The van der Waals surface area contributed by atoms with Gasteiger partial charge < -0.3 is 9.26 Å². The van der Waals surface area contributed by atoms with Crippen LogP contribution in [0.4, 0.5) is 0 Å². The highest BCUT2D eigenvalue weighted by molar-refractivity contribution is 7.89. The van der Waals surface area contributed by atoms with Gasteiger partial charge in [-0.3, -0.25) is 0 Å². The molecule has 0 bridgehead atoms. The third kappa shape index (κ3) is 4.14. The van der Waals surface area contributed by atoms with E-state index in [9.17, 15) is 8.42 Å². The lowest BCUT2D eigenvalue weighted by Gasteiger charge is -2.29. The van der Waals surface area contributed by atoms with Crippen molar-refractivity contribution in [2.24, 2.45) is 0 Å². The summed E-state index contributed by atoms with van der Waals surface area (Å²) in [6.07, 6.45) is 1.24. The number of nitrogens with zero attached hydrogens (tertiary/aromatic N) is 3. The van der Waals surface area contributed by atoms with Crippen LogP contribution in [-0.4, -0.2) is 43.1 Å². The lowest BCUT2D eigenvalue weighted by atomic mass is 9.98. The van der Waals surface area contributed by atoms with Gasteiger partial charge in [0, 0.05) is 29.6 Å². The molecule has 29 heavy (non-hydrogen) atoms. The first-order valence-electron chi connectivity index (χ1n) is 9.21. The van der Waals surface area contributed by atoms with Crippen LogP contribution in [0.1, 0.15) is 24.7 Å². The van der Waals surface area contributed by atoms with Gasteiger partial charge in [0.05, 0.1) is 12.0 Å². The van der Waals surface area contributed by atoms with Gasteiger partial charge in [0.1, 0.15) is 5.75 Å². The second-order valence-corrected chi connectivity index (χ2v) is 9.19. The smallest absolute Gasteiger partial charge is 0.243 e. The quantitative estimate of drug-likeness (QED) is 0.605. The number of benzene rings is 2. The summed E-state index contributed by atoms with van der Waals surface area (Å²) < 4.78 is 37.7. The number of methoxy groups -OCH3 is 1. The summed E-state index contributed by atoms with van der Waals surface area (Å²) >= 11 is 5.86. The molecule has 1 aromatic heterocycles. The first kappa shape index (κ1) is 19.9. The fourth-order valence-corrected chi connectivity index (χ4v) is 4.95. The highest BCUT2D eigenvalue weighted by Gasteiger charge is 2.32. The summed E-state index contributed by atoms with van der Waals surface area (Å²) in [4.78, 5) is 4.76. The van der Waals surface area contributed by atoms with E-state index < -0.39 is 10.0 Å². The first-order chi connectivity index (χ1) is 14.0. The van der Waals surface area contributed by atoms with E-state index in [0.29, 0.717) is 42.7 Å². The molecular formula is C20H20ClN3O4S. The van der Waals surface area contributed by atoms with Crippen LogP contribution in [-0.2, 0) is 10.0 Å². The largest absolute Gasteiger partial charge is 0.497 e. The number of sulfonamides is 1. The Labute approximate surface area is 174 Å². The molecule has 0 N–H and O–H groups in total.